The van der Waals surface area contributed by atoms with E-state index in [1.54, 1.807) is 26.5 Å². The molecule has 0 fully saturated rings. The lowest BCUT2D eigenvalue weighted by molar-refractivity contribution is -0.122. The van der Waals surface area contributed by atoms with E-state index >= 15 is 0 Å². The van der Waals surface area contributed by atoms with Gasteiger partial charge in [0.25, 0.3) is 0 Å². The van der Waals surface area contributed by atoms with Crippen LogP contribution in [0.15, 0.2) is 41.6 Å². The van der Waals surface area contributed by atoms with Gasteiger partial charge in [-0.25, -0.2) is 4.98 Å². The predicted octanol–water partition coefficient (Wildman–Crippen LogP) is 1.90. The first-order valence-corrected chi connectivity index (χ1v) is 9.46. The van der Waals surface area contributed by atoms with Crippen molar-refractivity contribution in [2.24, 2.45) is 0 Å². The molecule has 0 atom stereocenters. The Hall–Kier alpha value is -2.74. The molecule has 2 aromatic rings. The van der Waals surface area contributed by atoms with Gasteiger partial charge in [0.05, 0.1) is 25.7 Å². The Morgan fingerprint density at radius 2 is 2.07 bits per heavy atom. The number of nitrogens with zero attached hydrogens (tertiary/aromatic N) is 2. The number of aromatic nitrogens is 1. The van der Waals surface area contributed by atoms with E-state index < -0.39 is 0 Å². The smallest absolute Gasteiger partial charge is 0.240 e. The molecule has 0 saturated carbocycles. The van der Waals surface area contributed by atoms with E-state index in [4.69, 9.17) is 9.47 Å². The SMILES string of the molecule is COc1ccc(CCNC(=O)CN2C(=O)CSc3ncccc32)cc1OC. The highest BCUT2D eigenvalue weighted by Gasteiger charge is 2.26. The largest absolute Gasteiger partial charge is 0.493 e. The summed E-state index contributed by atoms with van der Waals surface area (Å²) in [6.07, 6.45) is 2.33. The summed E-state index contributed by atoms with van der Waals surface area (Å²) in [7, 11) is 3.18. The van der Waals surface area contributed by atoms with Gasteiger partial charge in [0.2, 0.25) is 11.8 Å². The number of hydrogen-bond acceptors (Lipinski definition) is 6. The van der Waals surface area contributed by atoms with Gasteiger partial charge in [-0.1, -0.05) is 17.8 Å². The minimum Gasteiger partial charge on any atom is -0.493 e. The van der Waals surface area contributed by atoms with E-state index in [9.17, 15) is 9.59 Å². The number of methoxy groups -OCH3 is 2. The number of pyridine rings is 1. The molecule has 8 heteroatoms. The van der Waals surface area contributed by atoms with Gasteiger partial charge in [0, 0.05) is 12.7 Å². The number of thioether (sulfide) groups is 1. The number of amides is 2. The zero-order valence-corrected chi connectivity index (χ0v) is 16.0. The molecule has 142 valence electrons. The summed E-state index contributed by atoms with van der Waals surface area (Å²) < 4.78 is 10.5. The molecule has 1 N–H and O–H groups in total. The summed E-state index contributed by atoms with van der Waals surface area (Å²) in [5.74, 6) is 1.32. The zero-order chi connectivity index (χ0) is 19.2. The third kappa shape index (κ3) is 4.51. The van der Waals surface area contributed by atoms with Crippen LogP contribution in [0.1, 0.15) is 5.56 Å². The molecule has 0 unspecified atom stereocenters. The molecule has 27 heavy (non-hydrogen) atoms. The number of hydrogen-bond donors (Lipinski definition) is 1. The molecule has 0 aliphatic carbocycles. The van der Waals surface area contributed by atoms with Crippen molar-refractivity contribution in [1.82, 2.24) is 10.3 Å². The van der Waals surface area contributed by atoms with Crippen LogP contribution in [0.3, 0.4) is 0 Å². The van der Waals surface area contributed by atoms with E-state index in [0.29, 0.717) is 35.9 Å². The van der Waals surface area contributed by atoms with E-state index in [1.807, 2.05) is 24.3 Å². The lowest BCUT2D eigenvalue weighted by Crippen LogP contribution is -2.43. The lowest BCUT2D eigenvalue weighted by Gasteiger charge is -2.27. The summed E-state index contributed by atoms with van der Waals surface area (Å²) in [6, 6.07) is 9.23. The molecule has 1 aromatic carbocycles. The van der Waals surface area contributed by atoms with Gasteiger partial charge in [0.1, 0.15) is 11.6 Å². The van der Waals surface area contributed by atoms with Crippen LogP contribution < -0.4 is 19.7 Å². The Bertz CT molecular complexity index is 843. The predicted molar refractivity (Wildman–Crippen MR) is 104 cm³/mol. The maximum absolute atomic E-state index is 12.3. The van der Waals surface area contributed by atoms with Gasteiger partial charge in [0.15, 0.2) is 11.5 Å². The molecule has 0 spiro atoms. The number of rotatable bonds is 7. The molecule has 0 radical (unpaired) electrons. The van der Waals surface area contributed by atoms with Crippen LogP contribution in [0.5, 0.6) is 11.5 Å². The summed E-state index contributed by atoms with van der Waals surface area (Å²) >= 11 is 1.39. The Balaban J connectivity index is 1.55. The maximum Gasteiger partial charge on any atom is 0.240 e. The normalized spacial score (nSPS) is 13.1. The number of benzene rings is 1. The number of carbonyl (C=O) groups is 2. The fraction of sp³-hybridized carbons (Fsp3) is 0.316. The molecule has 7 nitrogen and oxygen atoms in total. The second kappa shape index (κ2) is 8.77. The van der Waals surface area contributed by atoms with Gasteiger partial charge in [-0.2, -0.15) is 0 Å². The fourth-order valence-corrected chi connectivity index (χ4v) is 3.67. The van der Waals surface area contributed by atoms with Crippen molar-refractivity contribution in [3.63, 3.8) is 0 Å². The van der Waals surface area contributed by atoms with Gasteiger partial charge < -0.3 is 14.8 Å². The molecular weight excluding hydrogens is 366 g/mol. The number of carbonyl (C=O) groups excluding carboxylic acids is 2. The summed E-state index contributed by atoms with van der Waals surface area (Å²) in [5.41, 5.74) is 1.71. The average molecular weight is 387 g/mol. The Kier molecular flexibility index (Phi) is 6.18. The molecule has 1 aliphatic rings. The van der Waals surface area contributed by atoms with Crippen molar-refractivity contribution in [2.45, 2.75) is 11.4 Å². The summed E-state index contributed by atoms with van der Waals surface area (Å²) in [5, 5.41) is 3.64. The Labute approximate surface area is 162 Å². The average Bonchev–Trinajstić information content (AvgIpc) is 2.70. The van der Waals surface area contributed by atoms with E-state index in [0.717, 1.165) is 10.6 Å². The third-order valence-corrected chi connectivity index (χ3v) is 5.14. The van der Waals surface area contributed by atoms with Crippen LogP contribution >= 0.6 is 11.8 Å². The van der Waals surface area contributed by atoms with Crippen LogP contribution in [-0.4, -0.2) is 49.9 Å². The first-order chi connectivity index (χ1) is 13.1. The monoisotopic (exact) mass is 387 g/mol. The molecule has 1 aliphatic heterocycles. The highest BCUT2D eigenvalue weighted by atomic mass is 32.2. The van der Waals surface area contributed by atoms with Crippen molar-refractivity contribution in [3.8, 4) is 11.5 Å². The second-order valence-corrected chi connectivity index (χ2v) is 6.85. The van der Waals surface area contributed by atoms with Crippen molar-refractivity contribution in [3.05, 3.63) is 42.1 Å². The van der Waals surface area contributed by atoms with Gasteiger partial charge in [-0.05, 0) is 36.2 Å². The van der Waals surface area contributed by atoms with E-state index in [1.165, 1.54) is 16.7 Å². The first kappa shape index (κ1) is 19.0. The van der Waals surface area contributed by atoms with Gasteiger partial charge >= 0.3 is 0 Å². The number of fused-ring (bicyclic) bond motifs is 1. The van der Waals surface area contributed by atoms with Gasteiger partial charge in [-0.3, -0.25) is 14.5 Å². The van der Waals surface area contributed by atoms with Gasteiger partial charge in [-0.15, -0.1) is 0 Å². The zero-order valence-electron chi connectivity index (χ0n) is 15.2. The molecule has 0 saturated heterocycles. The van der Waals surface area contributed by atoms with Crippen LogP contribution in [0.4, 0.5) is 5.69 Å². The van der Waals surface area contributed by atoms with Crippen LogP contribution in [-0.2, 0) is 16.0 Å². The van der Waals surface area contributed by atoms with Crippen molar-refractivity contribution >= 4 is 29.3 Å². The van der Waals surface area contributed by atoms with Crippen molar-refractivity contribution in [1.29, 1.82) is 0 Å². The lowest BCUT2D eigenvalue weighted by atomic mass is 10.1. The molecule has 0 bridgehead atoms. The van der Waals surface area contributed by atoms with E-state index in [-0.39, 0.29) is 18.4 Å². The van der Waals surface area contributed by atoms with Crippen LogP contribution in [0, 0.1) is 0 Å². The Morgan fingerprint density at radius 3 is 2.85 bits per heavy atom. The standard InChI is InChI=1S/C19H21N3O4S/c1-25-15-6-5-13(10-16(15)26-2)7-9-20-17(23)11-22-14-4-3-8-21-19(14)27-12-18(22)24/h3-6,8,10H,7,9,11-12H2,1-2H3,(H,20,23). The Morgan fingerprint density at radius 1 is 1.26 bits per heavy atom. The summed E-state index contributed by atoms with van der Waals surface area (Å²) in [6.45, 7) is 0.453. The first-order valence-electron chi connectivity index (χ1n) is 8.48. The summed E-state index contributed by atoms with van der Waals surface area (Å²) in [4.78, 5) is 30.2. The minimum atomic E-state index is -0.203. The van der Waals surface area contributed by atoms with Crippen LogP contribution in [0.2, 0.25) is 0 Å². The topological polar surface area (TPSA) is 80.8 Å². The number of nitrogens with one attached hydrogen (secondary N) is 1. The maximum atomic E-state index is 12.3. The molecular formula is C19H21N3O4S. The highest BCUT2D eigenvalue weighted by molar-refractivity contribution is 8.00. The van der Waals surface area contributed by atoms with Crippen molar-refractivity contribution in [2.75, 3.05) is 38.0 Å². The molecule has 1 aromatic heterocycles. The molecule has 2 heterocycles. The van der Waals surface area contributed by atoms with Crippen molar-refractivity contribution < 1.29 is 19.1 Å². The second-order valence-electron chi connectivity index (χ2n) is 5.89. The fourth-order valence-electron chi connectivity index (χ4n) is 2.80. The number of anilines is 1. The molecule has 2 amide bonds. The van der Waals surface area contributed by atoms with E-state index in [2.05, 4.69) is 10.3 Å². The van der Waals surface area contributed by atoms with Crippen LogP contribution in [0.25, 0.3) is 0 Å². The highest BCUT2D eigenvalue weighted by Crippen LogP contribution is 2.32. The third-order valence-electron chi connectivity index (χ3n) is 4.16. The quantitative estimate of drug-likeness (QED) is 0.782. The molecule has 3 rings (SSSR count). The minimum absolute atomic E-state index is 0.00990. The number of ether oxygens (including phenoxy) is 2.